The molecule has 0 saturated heterocycles. The molecular formula is C20H29N3O4. The average molecular weight is 375 g/mol. The number of pyridine rings is 1. The number of rotatable bonds is 7. The summed E-state index contributed by atoms with van der Waals surface area (Å²) in [6.45, 7) is 6.30. The van der Waals surface area contributed by atoms with Gasteiger partial charge < -0.3 is 19.9 Å². The molecule has 3 rings (SSSR count). The first kappa shape index (κ1) is 19.6. The molecule has 0 unspecified atom stereocenters. The van der Waals surface area contributed by atoms with E-state index in [-0.39, 0.29) is 18.6 Å². The number of carbonyl (C=O) groups is 1. The summed E-state index contributed by atoms with van der Waals surface area (Å²) in [4.78, 5) is 12.7. The number of ether oxygens (including phenoxy) is 2. The van der Waals surface area contributed by atoms with Gasteiger partial charge in [0.05, 0.1) is 35.2 Å². The molecule has 1 saturated carbocycles. The van der Waals surface area contributed by atoms with Crippen molar-refractivity contribution in [3.63, 3.8) is 0 Å². The molecule has 2 aromatic heterocycles. The lowest BCUT2D eigenvalue weighted by molar-refractivity contribution is 0.0283. The molecule has 0 bridgehead atoms. The second-order valence-electron chi connectivity index (χ2n) is 7.76. The first-order chi connectivity index (χ1) is 12.9. The zero-order valence-electron chi connectivity index (χ0n) is 16.3. The molecule has 2 N–H and O–H groups in total. The van der Waals surface area contributed by atoms with E-state index in [4.69, 9.17) is 9.47 Å². The lowest BCUT2D eigenvalue weighted by Gasteiger charge is -2.28. The van der Waals surface area contributed by atoms with Crippen molar-refractivity contribution in [2.24, 2.45) is 0 Å². The van der Waals surface area contributed by atoms with E-state index in [9.17, 15) is 9.90 Å². The number of amides is 1. The Kier molecular flexibility index (Phi) is 6.01. The first-order valence-corrected chi connectivity index (χ1v) is 9.61. The lowest BCUT2D eigenvalue weighted by atomic mass is 9.93. The molecular weight excluding hydrogens is 346 g/mol. The van der Waals surface area contributed by atoms with Gasteiger partial charge in [-0.05, 0) is 58.6 Å². The van der Waals surface area contributed by atoms with Crippen LogP contribution in [0.4, 0.5) is 0 Å². The van der Waals surface area contributed by atoms with Gasteiger partial charge in [0.1, 0.15) is 12.4 Å². The van der Waals surface area contributed by atoms with Gasteiger partial charge >= 0.3 is 0 Å². The van der Waals surface area contributed by atoms with Crippen LogP contribution in [0.5, 0.6) is 5.75 Å². The summed E-state index contributed by atoms with van der Waals surface area (Å²) in [5, 5.41) is 17.2. The van der Waals surface area contributed by atoms with Crippen molar-refractivity contribution < 1.29 is 19.4 Å². The molecule has 148 valence electrons. The highest BCUT2D eigenvalue weighted by atomic mass is 16.5. The number of nitrogens with one attached hydrogen (secondary N) is 1. The number of carbonyl (C=O) groups excluding carboxylic acids is 1. The molecule has 1 aliphatic rings. The summed E-state index contributed by atoms with van der Waals surface area (Å²) in [7, 11) is 0. The average Bonchev–Trinajstić information content (AvgIpc) is 3.04. The number of aliphatic hydroxyl groups is 1. The second kappa shape index (κ2) is 8.27. The molecule has 2 heterocycles. The highest BCUT2D eigenvalue weighted by Gasteiger charge is 2.24. The van der Waals surface area contributed by atoms with Crippen LogP contribution in [0.15, 0.2) is 24.5 Å². The normalized spacial score (nSPS) is 20.6. The number of hydrogen-bond acceptors (Lipinski definition) is 5. The molecule has 0 radical (unpaired) electrons. The number of aromatic nitrogens is 2. The third-order valence-corrected chi connectivity index (χ3v) is 4.74. The van der Waals surface area contributed by atoms with Gasteiger partial charge in [0, 0.05) is 12.6 Å². The Morgan fingerprint density at radius 1 is 1.33 bits per heavy atom. The molecule has 1 fully saturated rings. The van der Waals surface area contributed by atoms with Gasteiger partial charge in [-0.3, -0.25) is 4.79 Å². The lowest BCUT2D eigenvalue weighted by Crippen LogP contribution is -2.39. The SMILES string of the molecule is CCOC1CCC(NC(=O)c2cnn3cc(OCC(C)(C)O)ccc23)CC1. The van der Waals surface area contributed by atoms with Gasteiger partial charge in [0.25, 0.3) is 5.91 Å². The summed E-state index contributed by atoms with van der Waals surface area (Å²) in [6.07, 6.45) is 7.45. The molecule has 0 atom stereocenters. The Bertz CT molecular complexity index is 773. The highest BCUT2D eigenvalue weighted by Crippen LogP contribution is 2.22. The maximum absolute atomic E-state index is 12.7. The minimum atomic E-state index is -0.911. The Labute approximate surface area is 159 Å². The van der Waals surface area contributed by atoms with Crippen molar-refractivity contribution >= 4 is 11.4 Å². The van der Waals surface area contributed by atoms with Crippen molar-refractivity contribution in [1.82, 2.24) is 14.9 Å². The van der Waals surface area contributed by atoms with Crippen LogP contribution in [0, 0.1) is 0 Å². The standard InChI is InChI=1S/C20H29N3O4/c1-4-26-15-7-5-14(6-8-15)22-19(24)17-11-21-23-12-16(9-10-18(17)23)27-13-20(2,3)25/h9-12,14-15,25H,4-8,13H2,1-3H3,(H,22,24). The van der Waals surface area contributed by atoms with Crippen molar-refractivity contribution in [3.05, 3.63) is 30.1 Å². The second-order valence-corrected chi connectivity index (χ2v) is 7.76. The quantitative estimate of drug-likeness (QED) is 0.777. The van der Waals surface area contributed by atoms with Crippen LogP contribution in [0.25, 0.3) is 5.52 Å². The van der Waals surface area contributed by atoms with Gasteiger partial charge in [-0.15, -0.1) is 0 Å². The number of nitrogens with zero attached hydrogens (tertiary/aromatic N) is 2. The van der Waals surface area contributed by atoms with Crippen LogP contribution in [0.3, 0.4) is 0 Å². The van der Waals surface area contributed by atoms with Gasteiger partial charge in [0.15, 0.2) is 0 Å². The summed E-state index contributed by atoms with van der Waals surface area (Å²) < 4.78 is 12.9. The van der Waals surface area contributed by atoms with E-state index >= 15 is 0 Å². The predicted molar refractivity (Wildman–Crippen MR) is 102 cm³/mol. The van der Waals surface area contributed by atoms with Crippen molar-refractivity contribution in [3.8, 4) is 5.75 Å². The molecule has 0 aliphatic heterocycles. The largest absolute Gasteiger partial charge is 0.489 e. The van der Waals surface area contributed by atoms with Crippen LogP contribution < -0.4 is 10.1 Å². The maximum atomic E-state index is 12.7. The minimum absolute atomic E-state index is 0.102. The molecule has 0 spiro atoms. The van der Waals surface area contributed by atoms with Crippen molar-refractivity contribution in [2.75, 3.05) is 13.2 Å². The molecule has 0 aromatic carbocycles. The van der Waals surface area contributed by atoms with Crippen LogP contribution >= 0.6 is 0 Å². The molecule has 1 aliphatic carbocycles. The van der Waals surface area contributed by atoms with Crippen LogP contribution in [0.2, 0.25) is 0 Å². The maximum Gasteiger partial charge on any atom is 0.255 e. The van der Waals surface area contributed by atoms with Crippen LogP contribution in [0.1, 0.15) is 56.8 Å². The monoisotopic (exact) mass is 375 g/mol. The predicted octanol–water partition coefficient (Wildman–Crippen LogP) is 2.56. The Balaban J connectivity index is 1.62. The molecule has 27 heavy (non-hydrogen) atoms. The third kappa shape index (κ3) is 5.20. The topological polar surface area (TPSA) is 85.1 Å². The molecule has 7 heteroatoms. The summed E-state index contributed by atoms with van der Waals surface area (Å²) >= 11 is 0. The third-order valence-electron chi connectivity index (χ3n) is 4.74. The zero-order valence-corrected chi connectivity index (χ0v) is 16.3. The van der Waals surface area contributed by atoms with Gasteiger partial charge in [-0.25, -0.2) is 4.52 Å². The molecule has 7 nitrogen and oxygen atoms in total. The minimum Gasteiger partial charge on any atom is -0.489 e. The number of fused-ring (bicyclic) bond motifs is 1. The van der Waals surface area contributed by atoms with Gasteiger partial charge in [0.2, 0.25) is 0 Å². The highest BCUT2D eigenvalue weighted by molar-refractivity contribution is 6.00. The first-order valence-electron chi connectivity index (χ1n) is 9.61. The Morgan fingerprint density at radius 2 is 2.07 bits per heavy atom. The van der Waals surface area contributed by atoms with Crippen LogP contribution in [-0.2, 0) is 4.74 Å². The Hall–Kier alpha value is -2.12. The summed E-state index contributed by atoms with van der Waals surface area (Å²) in [5.74, 6) is 0.490. The number of hydrogen-bond donors (Lipinski definition) is 2. The van der Waals surface area contributed by atoms with E-state index in [1.165, 1.54) is 0 Å². The van der Waals surface area contributed by atoms with E-state index in [0.29, 0.717) is 17.4 Å². The smallest absolute Gasteiger partial charge is 0.255 e. The van der Waals surface area contributed by atoms with Gasteiger partial charge in [-0.1, -0.05) is 0 Å². The fraction of sp³-hybridized carbons (Fsp3) is 0.600. The van der Waals surface area contributed by atoms with E-state index in [1.54, 1.807) is 36.8 Å². The fourth-order valence-corrected chi connectivity index (χ4v) is 3.36. The van der Waals surface area contributed by atoms with Gasteiger partial charge in [-0.2, -0.15) is 5.10 Å². The van der Waals surface area contributed by atoms with E-state index < -0.39 is 5.60 Å². The fourth-order valence-electron chi connectivity index (χ4n) is 3.36. The summed E-state index contributed by atoms with van der Waals surface area (Å²) in [5.41, 5.74) is 0.368. The van der Waals surface area contributed by atoms with E-state index in [0.717, 1.165) is 37.8 Å². The van der Waals surface area contributed by atoms with E-state index in [2.05, 4.69) is 10.4 Å². The van der Waals surface area contributed by atoms with E-state index in [1.807, 2.05) is 13.0 Å². The summed E-state index contributed by atoms with van der Waals surface area (Å²) in [6, 6.07) is 3.78. The molecule has 1 amide bonds. The van der Waals surface area contributed by atoms with Crippen molar-refractivity contribution in [1.29, 1.82) is 0 Å². The van der Waals surface area contributed by atoms with Crippen molar-refractivity contribution in [2.45, 2.75) is 64.2 Å². The Morgan fingerprint density at radius 3 is 2.74 bits per heavy atom. The zero-order chi connectivity index (χ0) is 19.4. The molecule has 2 aromatic rings. The van der Waals surface area contributed by atoms with Crippen LogP contribution in [-0.4, -0.2) is 51.6 Å².